The number of rotatable bonds is 6. The first-order valence-corrected chi connectivity index (χ1v) is 8.88. The van der Waals surface area contributed by atoms with Gasteiger partial charge in [0.1, 0.15) is 18.0 Å². The van der Waals surface area contributed by atoms with Gasteiger partial charge in [0.05, 0.1) is 12.1 Å². The van der Waals surface area contributed by atoms with E-state index in [0.29, 0.717) is 18.5 Å². The van der Waals surface area contributed by atoms with E-state index in [-0.39, 0.29) is 6.10 Å². The zero-order valence-electron chi connectivity index (χ0n) is 13.5. The van der Waals surface area contributed by atoms with Crippen molar-refractivity contribution in [3.63, 3.8) is 0 Å². The average Bonchev–Trinajstić information content (AvgIpc) is 3.07. The van der Waals surface area contributed by atoms with Crippen LogP contribution in [0.5, 0.6) is 0 Å². The normalized spacial score (nSPS) is 21.3. The first-order valence-electron chi connectivity index (χ1n) is 8.04. The van der Waals surface area contributed by atoms with Crippen LogP contribution in [0, 0.1) is 5.92 Å². The Balaban J connectivity index is 1.62. The second-order valence-electron chi connectivity index (χ2n) is 6.15. The third kappa shape index (κ3) is 4.39. The van der Waals surface area contributed by atoms with Crippen molar-refractivity contribution in [1.29, 1.82) is 0 Å². The predicted octanol–water partition coefficient (Wildman–Crippen LogP) is 3.16. The van der Waals surface area contributed by atoms with E-state index < -0.39 is 0 Å². The summed E-state index contributed by atoms with van der Waals surface area (Å²) in [6, 6.07) is 2.25. The fourth-order valence-corrected chi connectivity index (χ4v) is 3.38. The zero-order valence-corrected chi connectivity index (χ0v) is 14.3. The second-order valence-corrected chi connectivity index (χ2v) is 6.80. The number of aromatic nitrogens is 3. The fraction of sp³-hybridized carbons (Fsp3) is 0.562. The number of ether oxygens (including phenoxy) is 1. The molecule has 2 atom stereocenters. The first-order chi connectivity index (χ1) is 11.2. The summed E-state index contributed by atoms with van der Waals surface area (Å²) in [7, 11) is 0. The monoisotopic (exact) mass is 333 g/mol. The molecular weight excluding hydrogens is 310 g/mol. The smallest absolute Gasteiger partial charge is 0.131 e. The molecule has 1 aliphatic rings. The maximum absolute atomic E-state index is 5.92. The highest BCUT2D eigenvalue weighted by Gasteiger charge is 2.28. The van der Waals surface area contributed by atoms with E-state index in [2.05, 4.69) is 38.8 Å². The molecule has 7 heteroatoms. The van der Waals surface area contributed by atoms with Crippen molar-refractivity contribution in [2.24, 2.45) is 5.92 Å². The molecule has 0 amide bonds. The summed E-state index contributed by atoms with van der Waals surface area (Å²) in [4.78, 5) is 8.62. The van der Waals surface area contributed by atoms with E-state index >= 15 is 0 Å². The topological polar surface area (TPSA) is 72.0 Å². The van der Waals surface area contributed by atoms with Gasteiger partial charge in [-0.25, -0.2) is 14.3 Å². The van der Waals surface area contributed by atoms with Gasteiger partial charge in [0, 0.05) is 36.4 Å². The average molecular weight is 333 g/mol. The lowest BCUT2D eigenvalue weighted by atomic mass is 9.94. The summed E-state index contributed by atoms with van der Waals surface area (Å²) >= 11 is 1.46. The van der Waals surface area contributed by atoms with Crippen LogP contribution in [0.2, 0.25) is 0 Å². The lowest BCUT2D eigenvalue weighted by Gasteiger charge is -2.35. The molecule has 2 aromatic rings. The van der Waals surface area contributed by atoms with Gasteiger partial charge < -0.3 is 15.4 Å². The van der Waals surface area contributed by atoms with Crippen molar-refractivity contribution < 1.29 is 4.74 Å². The van der Waals surface area contributed by atoms with E-state index in [0.717, 1.165) is 36.6 Å². The van der Waals surface area contributed by atoms with Crippen LogP contribution < -0.4 is 10.6 Å². The lowest BCUT2D eigenvalue weighted by Crippen LogP contribution is -2.43. The molecule has 0 radical (unpaired) electrons. The number of nitrogens with one attached hydrogen (secondary N) is 2. The largest absolute Gasteiger partial charge is 0.376 e. The Labute approximate surface area is 140 Å². The summed E-state index contributed by atoms with van der Waals surface area (Å²) < 4.78 is 10.0. The maximum atomic E-state index is 5.92. The molecule has 0 bridgehead atoms. The van der Waals surface area contributed by atoms with E-state index in [1.54, 1.807) is 6.33 Å². The summed E-state index contributed by atoms with van der Waals surface area (Å²) in [5.74, 6) is 2.14. The van der Waals surface area contributed by atoms with Crippen molar-refractivity contribution in [3.8, 4) is 0 Å². The Kier molecular flexibility index (Phi) is 5.40. The van der Waals surface area contributed by atoms with Gasteiger partial charge in [-0.1, -0.05) is 13.8 Å². The van der Waals surface area contributed by atoms with Crippen LogP contribution in [0.25, 0.3) is 0 Å². The Morgan fingerprint density at radius 1 is 1.35 bits per heavy atom. The molecule has 0 spiro atoms. The molecule has 1 fully saturated rings. The minimum absolute atomic E-state index is 0.229. The highest BCUT2D eigenvalue weighted by atomic mass is 32.1. The van der Waals surface area contributed by atoms with E-state index in [4.69, 9.17) is 4.74 Å². The van der Waals surface area contributed by atoms with Crippen molar-refractivity contribution in [2.45, 2.75) is 45.4 Å². The van der Waals surface area contributed by atoms with Crippen LogP contribution in [0.15, 0.2) is 24.0 Å². The van der Waals surface area contributed by atoms with Crippen LogP contribution in [0.4, 0.5) is 11.6 Å². The highest BCUT2D eigenvalue weighted by molar-refractivity contribution is 7.03. The van der Waals surface area contributed by atoms with Gasteiger partial charge in [0.25, 0.3) is 0 Å². The van der Waals surface area contributed by atoms with Crippen molar-refractivity contribution in [3.05, 3.63) is 29.5 Å². The molecule has 1 saturated heterocycles. The lowest BCUT2D eigenvalue weighted by molar-refractivity contribution is -0.0203. The van der Waals surface area contributed by atoms with Gasteiger partial charge in [-0.15, -0.1) is 0 Å². The van der Waals surface area contributed by atoms with Crippen molar-refractivity contribution in [2.75, 3.05) is 17.2 Å². The van der Waals surface area contributed by atoms with Gasteiger partial charge in [0.2, 0.25) is 0 Å². The van der Waals surface area contributed by atoms with Gasteiger partial charge >= 0.3 is 0 Å². The first kappa shape index (κ1) is 16.1. The molecule has 2 aromatic heterocycles. The minimum atomic E-state index is 0.229. The quantitative estimate of drug-likeness (QED) is 0.846. The van der Waals surface area contributed by atoms with Crippen molar-refractivity contribution in [1.82, 2.24) is 14.3 Å². The Bertz CT molecular complexity index is 604. The Morgan fingerprint density at radius 3 is 3.00 bits per heavy atom. The number of hydrogen-bond donors (Lipinski definition) is 2. The van der Waals surface area contributed by atoms with E-state index in [9.17, 15) is 0 Å². The molecule has 0 aliphatic carbocycles. The zero-order chi connectivity index (χ0) is 16.1. The van der Waals surface area contributed by atoms with Crippen molar-refractivity contribution >= 4 is 23.2 Å². The molecule has 2 unspecified atom stereocenters. The second kappa shape index (κ2) is 7.70. The third-order valence-electron chi connectivity index (χ3n) is 3.98. The fourth-order valence-electron chi connectivity index (χ4n) is 2.84. The van der Waals surface area contributed by atoms with Gasteiger partial charge in [0.15, 0.2) is 0 Å². The third-order valence-corrected chi connectivity index (χ3v) is 4.62. The number of nitrogens with zero attached hydrogens (tertiary/aromatic N) is 3. The standard InChI is InChI=1S/C16H23N5OS/c1-11(2)16-13(4-3-5-22-16)21-15-6-14(18-10-19-15)17-7-12-8-20-23-9-12/h6,8-11,13,16H,3-5,7H2,1-2H3,(H2,17,18,19,21). The Hall–Kier alpha value is -1.73. The van der Waals surface area contributed by atoms with Crippen LogP contribution in [0.1, 0.15) is 32.3 Å². The molecule has 23 heavy (non-hydrogen) atoms. The van der Waals surface area contributed by atoms with Crippen LogP contribution in [0.3, 0.4) is 0 Å². The molecule has 0 aromatic carbocycles. The summed E-state index contributed by atoms with van der Waals surface area (Å²) in [6.45, 7) is 5.97. The SMILES string of the molecule is CC(C)C1OCCCC1Nc1cc(NCc2cnsc2)ncn1. The molecule has 124 valence electrons. The molecule has 2 N–H and O–H groups in total. The van der Waals surface area contributed by atoms with E-state index in [1.165, 1.54) is 11.5 Å². The molecule has 3 heterocycles. The predicted molar refractivity (Wildman–Crippen MR) is 92.7 cm³/mol. The summed E-state index contributed by atoms with van der Waals surface area (Å²) in [5.41, 5.74) is 1.16. The Morgan fingerprint density at radius 2 is 2.22 bits per heavy atom. The minimum Gasteiger partial charge on any atom is -0.376 e. The molecule has 3 rings (SSSR count). The number of hydrogen-bond acceptors (Lipinski definition) is 7. The van der Waals surface area contributed by atoms with Gasteiger partial charge in [-0.05, 0) is 30.3 Å². The van der Waals surface area contributed by atoms with Crippen LogP contribution in [-0.2, 0) is 11.3 Å². The molecule has 6 nitrogen and oxygen atoms in total. The van der Waals surface area contributed by atoms with Gasteiger partial charge in [-0.3, -0.25) is 0 Å². The highest BCUT2D eigenvalue weighted by Crippen LogP contribution is 2.24. The van der Waals surface area contributed by atoms with Gasteiger partial charge in [-0.2, -0.15) is 0 Å². The van der Waals surface area contributed by atoms with E-state index in [1.807, 2.05) is 17.6 Å². The molecule has 1 aliphatic heterocycles. The van der Waals surface area contributed by atoms with Crippen LogP contribution >= 0.6 is 11.5 Å². The summed E-state index contributed by atoms with van der Waals surface area (Å²) in [5, 5.41) is 8.85. The maximum Gasteiger partial charge on any atom is 0.131 e. The molecular formula is C16H23N5OS. The number of anilines is 2. The summed E-state index contributed by atoms with van der Waals surface area (Å²) in [6.07, 6.45) is 5.88. The van der Waals surface area contributed by atoms with Crippen LogP contribution in [-0.4, -0.2) is 33.1 Å². The molecule has 0 saturated carbocycles.